The van der Waals surface area contributed by atoms with Crippen LogP contribution in [-0.2, 0) is 4.79 Å². The van der Waals surface area contributed by atoms with Crippen molar-refractivity contribution in [2.24, 2.45) is 11.1 Å². The summed E-state index contributed by atoms with van der Waals surface area (Å²) in [6, 6.07) is 9.53. The third kappa shape index (κ3) is 2.88. The van der Waals surface area contributed by atoms with Crippen LogP contribution in [0.5, 0.6) is 0 Å². The summed E-state index contributed by atoms with van der Waals surface area (Å²) in [5, 5.41) is 9.73. The number of nitrogens with two attached hydrogens (primary N) is 1. The van der Waals surface area contributed by atoms with E-state index in [9.17, 15) is 4.79 Å². The minimum atomic E-state index is -0.526. The molecule has 1 amide bonds. The van der Waals surface area contributed by atoms with Crippen LogP contribution in [0, 0.1) is 5.41 Å². The first kappa shape index (κ1) is 14.3. The van der Waals surface area contributed by atoms with Crippen molar-refractivity contribution in [3.05, 3.63) is 36.5 Å². The molecule has 0 saturated heterocycles. The molecule has 0 aliphatic carbocycles. The number of aromatic nitrogens is 2. The molecule has 0 aliphatic heterocycles. The van der Waals surface area contributed by atoms with Crippen molar-refractivity contribution in [3.8, 4) is 11.3 Å². The lowest BCUT2D eigenvalue weighted by Gasteiger charge is -2.24. The van der Waals surface area contributed by atoms with E-state index in [0.717, 1.165) is 16.9 Å². The van der Waals surface area contributed by atoms with Crippen LogP contribution >= 0.6 is 0 Å². The maximum Gasteiger partial charge on any atom is 0.231 e. The van der Waals surface area contributed by atoms with Crippen LogP contribution < -0.4 is 11.1 Å². The molecule has 0 radical (unpaired) electrons. The Hall–Kier alpha value is -2.14. The van der Waals surface area contributed by atoms with Gasteiger partial charge in [-0.1, -0.05) is 19.1 Å². The fourth-order valence-corrected chi connectivity index (χ4v) is 1.83. The lowest BCUT2D eigenvalue weighted by molar-refractivity contribution is -0.124. The molecule has 1 unspecified atom stereocenters. The van der Waals surface area contributed by atoms with E-state index in [0.29, 0.717) is 13.0 Å². The van der Waals surface area contributed by atoms with E-state index >= 15 is 0 Å². The van der Waals surface area contributed by atoms with Gasteiger partial charge in [0.05, 0.1) is 11.1 Å². The number of carbonyl (C=O) groups excluding carboxylic acids is 1. The van der Waals surface area contributed by atoms with E-state index in [-0.39, 0.29) is 5.91 Å². The van der Waals surface area contributed by atoms with Crippen LogP contribution in [0.3, 0.4) is 0 Å². The quantitative estimate of drug-likeness (QED) is 0.781. The largest absolute Gasteiger partial charge is 0.329 e. The van der Waals surface area contributed by atoms with Gasteiger partial charge in [-0.25, -0.2) is 0 Å². The molecule has 2 aromatic rings. The van der Waals surface area contributed by atoms with E-state index in [2.05, 4.69) is 15.5 Å². The Morgan fingerprint density at radius 3 is 2.55 bits per heavy atom. The average molecular weight is 272 g/mol. The second-order valence-electron chi connectivity index (χ2n) is 5.12. The molecule has 1 heterocycles. The van der Waals surface area contributed by atoms with Crippen molar-refractivity contribution in [2.45, 2.75) is 20.3 Å². The lowest BCUT2D eigenvalue weighted by atomic mass is 9.86. The number of nitrogens with zero attached hydrogens (tertiary/aromatic N) is 1. The fourth-order valence-electron chi connectivity index (χ4n) is 1.83. The van der Waals surface area contributed by atoms with Crippen molar-refractivity contribution in [1.29, 1.82) is 0 Å². The van der Waals surface area contributed by atoms with Crippen molar-refractivity contribution < 1.29 is 4.79 Å². The molecule has 5 heteroatoms. The Balaban J connectivity index is 2.10. The smallest absolute Gasteiger partial charge is 0.231 e. The first-order chi connectivity index (χ1) is 9.59. The summed E-state index contributed by atoms with van der Waals surface area (Å²) in [5.74, 6) is -0.0446. The highest BCUT2D eigenvalue weighted by Gasteiger charge is 2.29. The molecule has 0 spiro atoms. The molecule has 4 N–H and O–H groups in total. The summed E-state index contributed by atoms with van der Waals surface area (Å²) in [6.45, 7) is 4.18. The van der Waals surface area contributed by atoms with Crippen LogP contribution in [0.15, 0.2) is 36.5 Å². The number of nitrogens with one attached hydrogen (secondary N) is 2. The lowest BCUT2D eigenvalue weighted by Crippen LogP contribution is -2.39. The highest BCUT2D eigenvalue weighted by Crippen LogP contribution is 2.23. The first-order valence-corrected chi connectivity index (χ1v) is 6.70. The van der Waals surface area contributed by atoms with Crippen LogP contribution in [-0.4, -0.2) is 22.6 Å². The SMILES string of the molecule is CCC(C)(CN)C(=O)Nc1ccc(-c2ccn[nH]2)cc1. The Morgan fingerprint density at radius 2 is 2.05 bits per heavy atom. The number of H-pyrrole nitrogens is 1. The van der Waals surface area contributed by atoms with Crippen molar-refractivity contribution >= 4 is 11.6 Å². The third-order valence-electron chi connectivity index (χ3n) is 3.73. The van der Waals surface area contributed by atoms with Gasteiger partial charge in [-0.3, -0.25) is 9.89 Å². The normalized spacial score (nSPS) is 13.8. The van der Waals surface area contributed by atoms with Gasteiger partial charge in [0, 0.05) is 18.4 Å². The number of amides is 1. The van der Waals surface area contributed by atoms with Crippen molar-refractivity contribution in [1.82, 2.24) is 10.2 Å². The zero-order valence-corrected chi connectivity index (χ0v) is 11.8. The molecule has 106 valence electrons. The topological polar surface area (TPSA) is 83.8 Å². The summed E-state index contributed by atoms with van der Waals surface area (Å²) in [4.78, 5) is 12.2. The van der Waals surface area contributed by atoms with Gasteiger partial charge >= 0.3 is 0 Å². The summed E-state index contributed by atoms with van der Waals surface area (Å²) >= 11 is 0. The second-order valence-corrected chi connectivity index (χ2v) is 5.12. The maximum atomic E-state index is 12.2. The molecule has 2 rings (SSSR count). The number of anilines is 1. The van der Waals surface area contributed by atoms with E-state index in [4.69, 9.17) is 5.73 Å². The van der Waals surface area contributed by atoms with Gasteiger partial charge < -0.3 is 11.1 Å². The molecule has 0 bridgehead atoms. The number of rotatable bonds is 5. The third-order valence-corrected chi connectivity index (χ3v) is 3.73. The fraction of sp³-hybridized carbons (Fsp3) is 0.333. The molecule has 20 heavy (non-hydrogen) atoms. The van der Waals surface area contributed by atoms with Crippen LogP contribution in [0.1, 0.15) is 20.3 Å². The molecule has 0 aliphatic rings. The minimum Gasteiger partial charge on any atom is -0.329 e. The van der Waals surface area contributed by atoms with Crippen LogP contribution in [0.2, 0.25) is 0 Å². The van der Waals surface area contributed by atoms with Gasteiger partial charge in [-0.2, -0.15) is 5.10 Å². The van der Waals surface area contributed by atoms with Crippen molar-refractivity contribution in [2.75, 3.05) is 11.9 Å². The van der Waals surface area contributed by atoms with Gasteiger partial charge in [-0.15, -0.1) is 0 Å². The first-order valence-electron chi connectivity index (χ1n) is 6.70. The standard InChI is InChI=1S/C15H20N4O/c1-3-15(2,10-16)14(20)18-12-6-4-11(5-7-12)13-8-9-17-19-13/h4-9H,3,10,16H2,1-2H3,(H,17,19)(H,18,20). The van der Waals surface area contributed by atoms with Gasteiger partial charge in [0.25, 0.3) is 0 Å². The number of aromatic amines is 1. The summed E-state index contributed by atoms with van der Waals surface area (Å²) in [6.07, 6.45) is 2.42. The van der Waals surface area contributed by atoms with Crippen LogP contribution in [0.25, 0.3) is 11.3 Å². The van der Waals surface area contributed by atoms with Gasteiger partial charge in [0.1, 0.15) is 0 Å². The number of benzene rings is 1. The summed E-state index contributed by atoms with van der Waals surface area (Å²) in [5.41, 5.74) is 7.91. The Kier molecular flexibility index (Phi) is 4.20. The van der Waals surface area contributed by atoms with E-state index in [1.54, 1.807) is 6.20 Å². The van der Waals surface area contributed by atoms with Gasteiger partial charge in [-0.05, 0) is 37.1 Å². The Labute approximate surface area is 118 Å². The highest BCUT2D eigenvalue weighted by molar-refractivity contribution is 5.95. The Bertz CT molecular complexity index is 556. The maximum absolute atomic E-state index is 12.2. The number of carbonyl (C=O) groups is 1. The molecule has 0 saturated carbocycles. The van der Waals surface area contributed by atoms with Crippen LogP contribution in [0.4, 0.5) is 5.69 Å². The summed E-state index contributed by atoms with van der Waals surface area (Å²) in [7, 11) is 0. The highest BCUT2D eigenvalue weighted by atomic mass is 16.2. The predicted octanol–water partition coefficient (Wildman–Crippen LogP) is 2.39. The van der Waals surface area contributed by atoms with E-state index in [1.807, 2.05) is 44.2 Å². The molecular weight excluding hydrogens is 252 g/mol. The monoisotopic (exact) mass is 272 g/mol. The predicted molar refractivity (Wildman–Crippen MR) is 80.1 cm³/mol. The van der Waals surface area contributed by atoms with Gasteiger partial charge in [0.15, 0.2) is 0 Å². The Morgan fingerprint density at radius 1 is 1.35 bits per heavy atom. The molecule has 1 aromatic carbocycles. The number of hydrogen-bond donors (Lipinski definition) is 3. The number of hydrogen-bond acceptors (Lipinski definition) is 3. The summed E-state index contributed by atoms with van der Waals surface area (Å²) < 4.78 is 0. The average Bonchev–Trinajstić information content (AvgIpc) is 3.01. The van der Waals surface area contributed by atoms with Crippen molar-refractivity contribution in [3.63, 3.8) is 0 Å². The second kappa shape index (κ2) is 5.88. The zero-order valence-electron chi connectivity index (χ0n) is 11.8. The van der Waals surface area contributed by atoms with Gasteiger partial charge in [0.2, 0.25) is 5.91 Å². The molecule has 1 aromatic heterocycles. The van der Waals surface area contributed by atoms with E-state index in [1.165, 1.54) is 0 Å². The molecule has 5 nitrogen and oxygen atoms in total. The zero-order chi connectivity index (χ0) is 14.6. The molecular formula is C15H20N4O. The molecule has 0 fully saturated rings. The van der Waals surface area contributed by atoms with E-state index < -0.39 is 5.41 Å². The molecule has 1 atom stereocenters. The minimum absolute atomic E-state index is 0.0446.